The van der Waals surface area contributed by atoms with Crippen LogP contribution in [0.3, 0.4) is 0 Å². The number of hydrogen-bond donors (Lipinski definition) is 0. The first-order valence-corrected chi connectivity index (χ1v) is 11.9. The van der Waals surface area contributed by atoms with E-state index in [4.69, 9.17) is 4.98 Å². The number of aromatic nitrogens is 1. The first-order valence-electron chi connectivity index (χ1n) is 11.0. The fourth-order valence-corrected chi connectivity index (χ4v) is 6.99. The number of carbonyl (C=O) groups is 2. The molecule has 4 unspecified atom stereocenters. The molecule has 3 aliphatic rings. The van der Waals surface area contributed by atoms with Crippen LogP contribution in [0.5, 0.6) is 0 Å². The Morgan fingerprint density at radius 2 is 1.67 bits per heavy atom. The van der Waals surface area contributed by atoms with Crippen LogP contribution in [0.4, 0.5) is 5.13 Å². The van der Waals surface area contributed by atoms with Crippen molar-refractivity contribution in [1.29, 1.82) is 0 Å². The molecule has 5 rings (SSSR count). The Morgan fingerprint density at radius 1 is 1.07 bits per heavy atom. The van der Waals surface area contributed by atoms with E-state index >= 15 is 0 Å². The smallest absolute Gasteiger partial charge is 0.240 e. The van der Waals surface area contributed by atoms with Gasteiger partial charge in [-0.25, -0.2) is 9.88 Å². The number of hydrogen-bond acceptors (Lipinski definition) is 4. The van der Waals surface area contributed by atoms with Gasteiger partial charge in [-0.05, 0) is 57.4 Å². The number of benzene rings is 1. The van der Waals surface area contributed by atoms with E-state index in [1.165, 1.54) is 32.9 Å². The first kappa shape index (κ1) is 19.7. The molecule has 3 fully saturated rings. The average Bonchev–Trinajstić information content (AvgIpc) is 3.44. The Labute approximate surface area is 182 Å². The Morgan fingerprint density at radius 3 is 2.20 bits per heavy atom. The van der Waals surface area contributed by atoms with Gasteiger partial charge in [0.2, 0.25) is 11.8 Å². The fraction of sp³-hybridized carbons (Fsp3) is 0.480. The van der Waals surface area contributed by atoms with Crippen molar-refractivity contribution in [2.75, 3.05) is 4.90 Å². The molecule has 2 saturated carbocycles. The molecule has 0 N–H and O–H groups in total. The summed E-state index contributed by atoms with van der Waals surface area (Å²) in [4.78, 5) is 34.0. The van der Waals surface area contributed by atoms with Crippen molar-refractivity contribution < 1.29 is 9.59 Å². The van der Waals surface area contributed by atoms with Gasteiger partial charge in [0.1, 0.15) is 0 Å². The van der Waals surface area contributed by atoms with Crippen LogP contribution in [0.25, 0.3) is 11.3 Å². The van der Waals surface area contributed by atoms with Crippen LogP contribution in [0.15, 0.2) is 35.4 Å². The minimum absolute atomic E-state index is 0.0328. The van der Waals surface area contributed by atoms with Crippen LogP contribution in [-0.2, 0) is 16.0 Å². The summed E-state index contributed by atoms with van der Waals surface area (Å²) in [7, 11) is 0. The lowest BCUT2D eigenvalue weighted by Gasteiger charge is -2.18. The molecule has 4 nitrogen and oxygen atoms in total. The lowest BCUT2D eigenvalue weighted by atomic mass is 9.81. The van der Waals surface area contributed by atoms with E-state index in [9.17, 15) is 9.59 Å². The zero-order chi connectivity index (χ0) is 21.2. The summed E-state index contributed by atoms with van der Waals surface area (Å²) in [5.74, 6) is 0.0736. The summed E-state index contributed by atoms with van der Waals surface area (Å²) >= 11 is 1.46. The highest BCUT2D eigenvalue weighted by molar-refractivity contribution is 7.16. The minimum atomic E-state index is -0.179. The first-order chi connectivity index (χ1) is 14.4. The summed E-state index contributed by atoms with van der Waals surface area (Å²) in [5, 5.41) is 0.544. The predicted molar refractivity (Wildman–Crippen MR) is 120 cm³/mol. The van der Waals surface area contributed by atoms with Gasteiger partial charge in [-0.2, -0.15) is 0 Å². The van der Waals surface area contributed by atoms with Crippen molar-refractivity contribution in [1.82, 2.24) is 4.98 Å². The molecule has 1 aromatic carbocycles. The van der Waals surface area contributed by atoms with E-state index in [0.717, 1.165) is 41.8 Å². The lowest BCUT2D eigenvalue weighted by Crippen LogP contribution is -2.33. The monoisotopic (exact) mass is 420 g/mol. The molecule has 2 aliphatic carbocycles. The molecule has 156 valence electrons. The highest BCUT2D eigenvalue weighted by Crippen LogP contribution is 2.60. The third-order valence-corrected chi connectivity index (χ3v) is 8.13. The Bertz CT molecular complexity index is 1030. The van der Waals surface area contributed by atoms with Crippen LogP contribution in [-0.4, -0.2) is 16.8 Å². The van der Waals surface area contributed by atoms with Crippen LogP contribution < -0.4 is 4.90 Å². The quantitative estimate of drug-likeness (QED) is 0.481. The molecule has 2 heterocycles. The molecular weight excluding hydrogens is 392 g/mol. The van der Waals surface area contributed by atoms with Gasteiger partial charge in [0.25, 0.3) is 0 Å². The minimum Gasteiger partial charge on any atom is -0.274 e. The topological polar surface area (TPSA) is 50.3 Å². The van der Waals surface area contributed by atoms with Crippen LogP contribution in [0, 0.1) is 30.6 Å². The maximum atomic E-state index is 13.4. The molecule has 2 aromatic rings. The SMILES string of the molecule is CCCc1ccc(-c2nc(N3C(=O)C4C5CCC(C5=C(C)C)C4C3=O)sc2C)cc1. The van der Waals surface area contributed by atoms with Gasteiger partial charge < -0.3 is 0 Å². The van der Waals surface area contributed by atoms with E-state index < -0.39 is 0 Å². The molecule has 1 saturated heterocycles. The third kappa shape index (κ3) is 2.74. The van der Waals surface area contributed by atoms with Crippen LogP contribution >= 0.6 is 11.3 Å². The van der Waals surface area contributed by atoms with Gasteiger partial charge in [0.15, 0.2) is 5.13 Å². The van der Waals surface area contributed by atoms with E-state index in [1.807, 2.05) is 6.92 Å². The Kier molecular flexibility index (Phi) is 4.69. The highest BCUT2D eigenvalue weighted by Gasteiger charge is 2.64. The van der Waals surface area contributed by atoms with Crippen LogP contribution in [0.2, 0.25) is 0 Å². The Hall–Kier alpha value is -2.27. The number of fused-ring (bicyclic) bond motifs is 5. The lowest BCUT2D eigenvalue weighted by molar-refractivity contribution is -0.123. The number of amides is 2. The van der Waals surface area contributed by atoms with Crippen LogP contribution in [0.1, 0.15) is 50.5 Å². The summed E-state index contributed by atoms with van der Waals surface area (Å²) in [6, 6.07) is 8.49. The van der Waals surface area contributed by atoms with Gasteiger partial charge in [0.05, 0.1) is 17.5 Å². The second-order valence-electron chi connectivity index (χ2n) is 9.16. The van der Waals surface area contributed by atoms with Gasteiger partial charge in [0, 0.05) is 10.4 Å². The molecule has 5 heteroatoms. The van der Waals surface area contributed by atoms with E-state index in [2.05, 4.69) is 45.0 Å². The maximum absolute atomic E-state index is 13.4. The van der Waals surface area contributed by atoms with Gasteiger partial charge in [-0.15, -0.1) is 11.3 Å². The number of rotatable bonds is 4. The third-order valence-electron chi connectivity index (χ3n) is 7.17. The standard InChI is InChI=1S/C25H28N2O2S/c1-5-6-15-7-9-16(10-8-15)22-14(4)30-25(26-22)27-23(28)20-17-11-12-18(19(17)13(2)3)21(20)24(27)29/h7-10,17-18,20-21H,5-6,11-12H2,1-4H3. The number of thiazole rings is 1. The average molecular weight is 421 g/mol. The van der Waals surface area contributed by atoms with E-state index in [-0.39, 0.29) is 35.5 Å². The zero-order valence-electron chi connectivity index (χ0n) is 18.1. The number of anilines is 1. The van der Waals surface area contributed by atoms with Crippen molar-refractivity contribution in [3.8, 4) is 11.3 Å². The number of aryl methyl sites for hydroxylation is 2. The normalized spacial score (nSPS) is 27.3. The molecular formula is C25H28N2O2S. The van der Waals surface area contributed by atoms with Gasteiger partial charge in [-0.3, -0.25) is 9.59 Å². The molecule has 2 bridgehead atoms. The molecule has 1 aliphatic heterocycles. The Balaban J connectivity index is 1.47. The van der Waals surface area contributed by atoms with Gasteiger partial charge in [-0.1, -0.05) is 48.8 Å². The molecule has 0 spiro atoms. The van der Waals surface area contributed by atoms with Crippen molar-refractivity contribution in [2.24, 2.45) is 23.7 Å². The molecule has 2 amide bonds. The number of carbonyl (C=O) groups excluding carboxylic acids is 2. The van der Waals surface area contributed by atoms with Crippen molar-refractivity contribution in [3.63, 3.8) is 0 Å². The highest BCUT2D eigenvalue weighted by atomic mass is 32.1. The van der Waals surface area contributed by atoms with Crippen molar-refractivity contribution >= 4 is 28.3 Å². The second-order valence-corrected chi connectivity index (χ2v) is 10.3. The number of imide groups is 1. The number of nitrogens with zero attached hydrogens (tertiary/aromatic N) is 2. The molecule has 0 radical (unpaired) electrons. The molecule has 30 heavy (non-hydrogen) atoms. The maximum Gasteiger partial charge on any atom is 0.240 e. The van der Waals surface area contributed by atoms with Gasteiger partial charge >= 0.3 is 0 Å². The van der Waals surface area contributed by atoms with E-state index in [0.29, 0.717) is 5.13 Å². The van der Waals surface area contributed by atoms with Crippen molar-refractivity contribution in [2.45, 2.75) is 53.4 Å². The molecule has 1 aromatic heterocycles. The summed E-state index contributed by atoms with van der Waals surface area (Å²) in [6.07, 6.45) is 4.26. The summed E-state index contributed by atoms with van der Waals surface area (Å²) in [6.45, 7) is 8.44. The largest absolute Gasteiger partial charge is 0.274 e. The predicted octanol–water partition coefficient (Wildman–Crippen LogP) is 5.55. The second kappa shape index (κ2) is 7.16. The molecule has 4 atom stereocenters. The fourth-order valence-electron chi connectivity index (χ4n) is 6.04. The number of allylic oxidation sites excluding steroid dienone is 2. The zero-order valence-corrected chi connectivity index (χ0v) is 18.9. The van der Waals surface area contributed by atoms with Crippen molar-refractivity contribution in [3.05, 3.63) is 45.9 Å². The summed E-state index contributed by atoms with van der Waals surface area (Å²) in [5.41, 5.74) is 5.92. The summed E-state index contributed by atoms with van der Waals surface area (Å²) < 4.78 is 0. The van der Waals surface area contributed by atoms with E-state index in [1.54, 1.807) is 0 Å².